The van der Waals surface area contributed by atoms with Crippen LogP contribution in [-0.4, -0.2) is 24.5 Å². The van der Waals surface area contributed by atoms with E-state index in [1.165, 1.54) is 18.2 Å². The monoisotopic (exact) mass is 439 g/mol. The zero-order valence-electron chi connectivity index (χ0n) is 15.2. The fourth-order valence-electron chi connectivity index (χ4n) is 2.92. The van der Waals surface area contributed by atoms with Gasteiger partial charge in [-0.15, -0.1) is 0 Å². The van der Waals surface area contributed by atoms with Crippen molar-refractivity contribution in [3.8, 4) is 5.69 Å². The maximum Gasteiger partial charge on any atom is 0.433 e. The van der Waals surface area contributed by atoms with E-state index in [2.05, 4.69) is 25.3 Å². The predicted molar refractivity (Wildman–Crippen MR) is 98.6 cm³/mol. The number of nitrogens with one attached hydrogen (secondary N) is 1. The highest BCUT2D eigenvalue weighted by atomic mass is 19.4. The van der Waals surface area contributed by atoms with Crippen molar-refractivity contribution >= 4 is 28.6 Å². The number of nitrogens with zero attached hydrogens (tertiary/aromatic N) is 5. The SMILES string of the molecule is Nc1nc2c(Nc3ccc(C(F)(F)F)nc3)ncnc2n1-c1ccccc1C(F)(F)F. The van der Waals surface area contributed by atoms with Gasteiger partial charge in [0.2, 0.25) is 5.95 Å². The normalized spacial score (nSPS) is 12.3. The van der Waals surface area contributed by atoms with E-state index in [1.54, 1.807) is 0 Å². The molecule has 0 spiro atoms. The van der Waals surface area contributed by atoms with Crippen LogP contribution in [0.15, 0.2) is 48.9 Å². The average molecular weight is 439 g/mol. The first-order valence-corrected chi connectivity index (χ1v) is 8.51. The lowest BCUT2D eigenvalue weighted by molar-refractivity contribution is -0.141. The van der Waals surface area contributed by atoms with Crippen molar-refractivity contribution in [2.45, 2.75) is 12.4 Å². The Morgan fingerprint density at radius 2 is 1.61 bits per heavy atom. The second kappa shape index (κ2) is 7.11. The van der Waals surface area contributed by atoms with Crippen molar-refractivity contribution < 1.29 is 26.3 Å². The fourth-order valence-corrected chi connectivity index (χ4v) is 2.92. The van der Waals surface area contributed by atoms with Gasteiger partial charge in [0.1, 0.15) is 12.0 Å². The number of halogens is 6. The Hall–Kier alpha value is -3.90. The molecule has 0 radical (unpaired) electrons. The van der Waals surface area contributed by atoms with E-state index in [0.717, 1.165) is 35.3 Å². The highest BCUT2D eigenvalue weighted by Crippen LogP contribution is 2.36. The minimum atomic E-state index is -4.65. The van der Waals surface area contributed by atoms with E-state index in [9.17, 15) is 26.3 Å². The van der Waals surface area contributed by atoms with Gasteiger partial charge in [-0.2, -0.15) is 26.3 Å². The molecule has 3 N–H and O–H groups in total. The summed E-state index contributed by atoms with van der Waals surface area (Å²) in [7, 11) is 0. The van der Waals surface area contributed by atoms with Crippen LogP contribution >= 0.6 is 0 Å². The van der Waals surface area contributed by atoms with Crippen molar-refractivity contribution in [1.29, 1.82) is 0 Å². The Kier molecular flexibility index (Phi) is 4.67. The largest absolute Gasteiger partial charge is 0.433 e. The fraction of sp³-hybridized carbons (Fsp3) is 0.111. The summed E-state index contributed by atoms with van der Waals surface area (Å²) < 4.78 is 79.4. The molecule has 4 aromatic rings. The van der Waals surface area contributed by atoms with Gasteiger partial charge in [0.25, 0.3) is 0 Å². The first kappa shape index (κ1) is 20.4. The summed E-state index contributed by atoms with van der Waals surface area (Å²) in [6.07, 6.45) is -7.24. The van der Waals surface area contributed by atoms with Crippen molar-refractivity contribution in [2.24, 2.45) is 0 Å². The molecule has 3 aromatic heterocycles. The average Bonchev–Trinajstić information content (AvgIpc) is 3.04. The van der Waals surface area contributed by atoms with Gasteiger partial charge < -0.3 is 11.1 Å². The van der Waals surface area contributed by atoms with Gasteiger partial charge >= 0.3 is 12.4 Å². The summed E-state index contributed by atoms with van der Waals surface area (Å²) in [4.78, 5) is 15.3. The lowest BCUT2D eigenvalue weighted by Gasteiger charge is -2.14. The van der Waals surface area contributed by atoms with E-state index in [0.29, 0.717) is 0 Å². The number of alkyl halides is 6. The molecule has 0 unspecified atom stereocenters. The van der Waals surface area contributed by atoms with Crippen LogP contribution in [0.1, 0.15) is 11.3 Å². The zero-order chi connectivity index (χ0) is 22.4. The Bertz CT molecular complexity index is 1250. The van der Waals surface area contributed by atoms with Crippen LogP contribution in [0.3, 0.4) is 0 Å². The van der Waals surface area contributed by atoms with Crippen LogP contribution in [0.4, 0.5) is 43.8 Å². The van der Waals surface area contributed by atoms with Gasteiger partial charge in [-0.3, -0.25) is 4.57 Å². The lowest BCUT2D eigenvalue weighted by Crippen LogP contribution is -2.12. The Morgan fingerprint density at radius 1 is 0.871 bits per heavy atom. The third kappa shape index (κ3) is 3.81. The number of aromatic nitrogens is 5. The number of nitrogen functional groups attached to an aromatic ring is 1. The molecule has 0 amide bonds. The number of fused-ring (bicyclic) bond motifs is 1. The van der Waals surface area contributed by atoms with Crippen molar-refractivity contribution in [1.82, 2.24) is 24.5 Å². The summed E-state index contributed by atoms with van der Waals surface area (Å²) in [6.45, 7) is 0. The molecule has 3 heterocycles. The molecule has 0 aliphatic carbocycles. The van der Waals surface area contributed by atoms with Crippen molar-refractivity contribution in [2.75, 3.05) is 11.1 Å². The topological polar surface area (TPSA) is 94.5 Å². The summed E-state index contributed by atoms with van der Waals surface area (Å²) in [5.41, 5.74) is 3.73. The maximum absolute atomic E-state index is 13.4. The second-order valence-electron chi connectivity index (χ2n) is 6.27. The molecular weight excluding hydrogens is 428 g/mol. The number of para-hydroxylation sites is 1. The number of anilines is 3. The number of benzene rings is 1. The van der Waals surface area contributed by atoms with Crippen molar-refractivity contribution in [3.05, 3.63) is 60.2 Å². The van der Waals surface area contributed by atoms with Gasteiger partial charge in [-0.1, -0.05) is 12.1 Å². The van der Waals surface area contributed by atoms with Crippen LogP contribution < -0.4 is 11.1 Å². The molecule has 0 saturated heterocycles. The molecule has 13 heteroatoms. The van der Waals surface area contributed by atoms with Gasteiger partial charge in [-0.25, -0.2) is 19.9 Å². The van der Waals surface area contributed by atoms with Gasteiger partial charge in [0, 0.05) is 0 Å². The van der Waals surface area contributed by atoms with Crippen LogP contribution in [0.5, 0.6) is 0 Å². The van der Waals surface area contributed by atoms with Gasteiger partial charge in [0.15, 0.2) is 17.0 Å². The molecule has 0 bridgehead atoms. The molecular formula is C18H11F6N7. The third-order valence-electron chi connectivity index (χ3n) is 4.24. The number of imidazole rings is 1. The van der Waals surface area contributed by atoms with E-state index >= 15 is 0 Å². The van der Waals surface area contributed by atoms with Crippen LogP contribution in [0.25, 0.3) is 16.9 Å². The molecule has 31 heavy (non-hydrogen) atoms. The predicted octanol–water partition coefficient (Wildman–Crippen LogP) is 4.57. The van der Waals surface area contributed by atoms with E-state index in [-0.39, 0.29) is 34.3 Å². The third-order valence-corrected chi connectivity index (χ3v) is 4.24. The molecule has 0 fully saturated rings. The first-order chi connectivity index (χ1) is 14.6. The number of hydrogen-bond acceptors (Lipinski definition) is 6. The van der Waals surface area contributed by atoms with Crippen LogP contribution in [0.2, 0.25) is 0 Å². The van der Waals surface area contributed by atoms with E-state index in [4.69, 9.17) is 5.73 Å². The minimum absolute atomic E-state index is 0.0217. The molecule has 0 aliphatic rings. The van der Waals surface area contributed by atoms with Crippen molar-refractivity contribution in [3.63, 3.8) is 0 Å². The standard InChI is InChI=1S/C18H11F6N7/c19-17(20,21)10-3-1-2-4-11(10)31-15-13(30-16(31)25)14(27-8-28-15)29-9-5-6-12(26-7-9)18(22,23)24/h1-8H,(H2,25,30)(H,27,28,29). The molecule has 7 nitrogen and oxygen atoms in total. The quantitative estimate of drug-likeness (QED) is 0.454. The molecule has 0 saturated carbocycles. The van der Waals surface area contributed by atoms with E-state index in [1.807, 2.05) is 0 Å². The molecule has 160 valence electrons. The summed E-state index contributed by atoms with van der Waals surface area (Å²) >= 11 is 0. The number of nitrogens with two attached hydrogens (primary N) is 1. The number of pyridine rings is 1. The number of rotatable bonds is 3. The molecule has 1 aromatic carbocycles. The summed E-state index contributed by atoms with van der Waals surface area (Å²) in [6, 6.07) is 6.66. The Labute approximate surface area is 169 Å². The van der Waals surface area contributed by atoms with Crippen LogP contribution in [-0.2, 0) is 12.4 Å². The highest BCUT2D eigenvalue weighted by Gasteiger charge is 2.35. The molecule has 4 rings (SSSR count). The zero-order valence-corrected chi connectivity index (χ0v) is 15.2. The summed E-state index contributed by atoms with van der Waals surface area (Å²) in [5, 5.41) is 2.73. The minimum Gasteiger partial charge on any atom is -0.369 e. The summed E-state index contributed by atoms with van der Waals surface area (Å²) in [5.74, 6) is -0.248. The molecule has 0 atom stereocenters. The van der Waals surface area contributed by atoms with Gasteiger partial charge in [0.05, 0.1) is 23.1 Å². The first-order valence-electron chi connectivity index (χ1n) is 8.51. The maximum atomic E-state index is 13.4. The smallest absolute Gasteiger partial charge is 0.369 e. The Morgan fingerprint density at radius 3 is 2.26 bits per heavy atom. The van der Waals surface area contributed by atoms with Crippen LogP contribution in [0, 0.1) is 0 Å². The molecule has 0 aliphatic heterocycles. The van der Waals surface area contributed by atoms with Gasteiger partial charge in [-0.05, 0) is 24.3 Å². The lowest BCUT2D eigenvalue weighted by atomic mass is 10.1. The highest BCUT2D eigenvalue weighted by molar-refractivity contribution is 5.88. The van der Waals surface area contributed by atoms with E-state index < -0.39 is 23.6 Å². The second-order valence-corrected chi connectivity index (χ2v) is 6.27. The number of hydrogen-bond donors (Lipinski definition) is 2. The Balaban J connectivity index is 1.79.